The van der Waals surface area contributed by atoms with Crippen LogP contribution in [0.15, 0.2) is 60.2 Å². The van der Waals surface area contributed by atoms with Gasteiger partial charge in [0.25, 0.3) is 5.91 Å². The second kappa shape index (κ2) is 13.5. The van der Waals surface area contributed by atoms with E-state index in [0.29, 0.717) is 29.5 Å². The SMILES string of the molecule is CCCCCCCCCOc1ccccc1COc1ccsc1C(=O)Nc1cccnc1. The molecule has 0 saturated heterocycles. The number of rotatable bonds is 14. The molecular formula is C26H32N2O3S. The third-order valence-corrected chi connectivity index (χ3v) is 6.01. The molecule has 0 saturated carbocycles. The zero-order valence-corrected chi connectivity index (χ0v) is 19.5. The number of anilines is 1. The Bertz CT molecular complexity index is 943. The third-order valence-electron chi connectivity index (χ3n) is 5.12. The van der Waals surface area contributed by atoms with E-state index in [2.05, 4.69) is 17.2 Å². The van der Waals surface area contributed by atoms with E-state index < -0.39 is 0 Å². The smallest absolute Gasteiger partial charge is 0.269 e. The number of unbranched alkanes of at least 4 members (excludes halogenated alkanes) is 6. The quantitative estimate of drug-likeness (QED) is 0.265. The van der Waals surface area contributed by atoms with E-state index in [1.54, 1.807) is 24.5 Å². The van der Waals surface area contributed by atoms with E-state index in [-0.39, 0.29) is 5.91 Å². The Kier molecular flexibility index (Phi) is 10.1. The van der Waals surface area contributed by atoms with Crippen molar-refractivity contribution in [1.82, 2.24) is 4.98 Å². The first-order valence-corrected chi connectivity index (χ1v) is 12.3. The van der Waals surface area contributed by atoms with Crippen LogP contribution in [0.5, 0.6) is 11.5 Å². The fourth-order valence-corrected chi connectivity index (χ4v) is 4.09. The molecule has 170 valence electrons. The summed E-state index contributed by atoms with van der Waals surface area (Å²) in [5.41, 5.74) is 1.63. The Morgan fingerprint density at radius 1 is 0.938 bits per heavy atom. The first-order chi connectivity index (χ1) is 15.8. The monoisotopic (exact) mass is 452 g/mol. The van der Waals surface area contributed by atoms with Gasteiger partial charge in [-0.2, -0.15) is 0 Å². The number of ether oxygens (including phenoxy) is 2. The van der Waals surface area contributed by atoms with Crippen LogP contribution < -0.4 is 14.8 Å². The first-order valence-electron chi connectivity index (χ1n) is 11.4. The molecule has 0 aliphatic heterocycles. The van der Waals surface area contributed by atoms with E-state index in [1.165, 1.54) is 49.9 Å². The van der Waals surface area contributed by atoms with Crippen LogP contribution in [-0.2, 0) is 6.61 Å². The van der Waals surface area contributed by atoms with Crippen molar-refractivity contribution < 1.29 is 14.3 Å². The van der Waals surface area contributed by atoms with Crippen molar-refractivity contribution in [3.05, 3.63) is 70.7 Å². The lowest BCUT2D eigenvalue weighted by Crippen LogP contribution is -2.12. The molecule has 1 aromatic carbocycles. The highest BCUT2D eigenvalue weighted by Gasteiger charge is 2.15. The van der Waals surface area contributed by atoms with Gasteiger partial charge in [-0.15, -0.1) is 11.3 Å². The van der Waals surface area contributed by atoms with Crippen LogP contribution in [0.25, 0.3) is 0 Å². The zero-order valence-electron chi connectivity index (χ0n) is 18.7. The molecule has 0 aliphatic carbocycles. The molecule has 2 aromatic heterocycles. The number of aromatic nitrogens is 1. The van der Waals surface area contributed by atoms with Crippen molar-refractivity contribution in [3.8, 4) is 11.5 Å². The van der Waals surface area contributed by atoms with Crippen LogP contribution in [-0.4, -0.2) is 17.5 Å². The van der Waals surface area contributed by atoms with E-state index in [0.717, 1.165) is 17.7 Å². The molecular weight excluding hydrogens is 420 g/mol. The average Bonchev–Trinajstić information content (AvgIpc) is 3.29. The molecule has 2 heterocycles. The summed E-state index contributed by atoms with van der Waals surface area (Å²) in [5, 5.41) is 4.71. The molecule has 0 radical (unpaired) electrons. The Morgan fingerprint density at radius 3 is 2.56 bits per heavy atom. The Hall–Kier alpha value is -2.86. The molecule has 5 nitrogen and oxygen atoms in total. The van der Waals surface area contributed by atoms with E-state index >= 15 is 0 Å². The van der Waals surface area contributed by atoms with Gasteiger partial charge >= 0.3 is 0 Å². The molecule has 0 bridgehead atoms. The number of carbonyl (C=O) groups excluding carboxylic acids is 1. The van der Waals surface area contributed by atoms with Crippen LogP contribution in [0, 0.1) is 0 Å². The number of hydrogen-bond donors (Lipinski definition) is 1. The molecule has 1 amide bonds. The molecule has 3 rings (SSSR count). The number of amides is 1. The predicted molar refractivity (Wildman–Crippen MR) is 131 cm³/mol. The third kappa shape index (κ3) is 7.68. The summed E-state index contributed by atoms with van der Waals surface area (Å²) in [4.78, 5) is 17.2. The van der Waals surface area contributed by atoms with Crippen molar-refractivity contribution in [1.29, 1.82) is 0 Å². The van der Waals surface area contributed by atoms with E-state index in [9.17, 15) is 4.79 Å². The molecule has 32 heavy (non-hydrogen) atoms. The number of carbonyl (C=O) groups is 1. The van der Waals surface area contributed by atoms with Crippen molar-refractivity contribution in [2.75, 3.05) is 11.9 Å². The highest BCUT2D eigenvalue weighted by Crippen LogP contribution is 2.28. The molecule has 0 atom stereocenters. The number of nitrogens with one attached hydrogen (secondary N) is 1. The van der Waals surface area contributed by atoms with Crippen LogP contribution in [0.2, 0.25) is 0 Å². The van der Waals surface area contributed by atoms with Crippen molar-refractivity contribution in [2.45, 2.75) is 58.5 Å². The fourth-order valence-electron chi connectivity index (χ4n) is 3.36. The van der Waals surface area contributed by atoms with Gasteiger partial charge in [-0.1, -0.05) is 63.6 Å². The summed E-state index contributed by atoms with van der Waals surface area (Å²) in [5.74, 6) is 1.21. The minimum Gasteiger partial charge on any atom is -0.493 e. The van der Waals surface area contributed by atoms with Crippen LogP contribution >= 0.6 is 11.3 Å². The van der Waals surface area contributed by atoms with Gasteiger partial charge in [-0.05, 0) is 36.1 Å². The minimum absolute atomic E-state index is 0.202. The van der Waals surface area contributed by atoms with E-state index in [1.807, 2.05) is 35.7 Å². The lowest BCUT2D eigenvalue weighted by molar-refractivity contribution is 0.102. The predicted octanol–water partition coefficient (Wildman–Crippen LogP) is 7.10. The van der Waals surface area contributed by atoms with Gasteiger partial charge in [0, 0.05) is 11.8 Å². The van der Waals surface area contributed by atoms with Crippen LogP contribution in [0.3, 0.4) is 0 Å². The maximum Gasteiger partial charge on any atom is 0.269 e. The molecule has 0 spiro atoms. The summed E-state index contributed by atoms with van der Waals surface area (Å²) in [7, 11) is 0. The van der Waals surface area contributed by atoms with Crippen LogP contribution in [0.4, 0.5) is 5.69 Å². The van der Waals surface area contributed by atoms with Gasteiger partial charge in [0.15, 0.2) is 0 Å². The lowest BCUT2D eigenvalue weighted by atomic mass is 10.1. The van der Waals surface area contributed by atoms with Gasteiger partial charge in [0.2, 0.25) is 0 Å². The Morgan fingerprint density at radius 2 is 1.75 bits per heavy atom. The number of nitrogens with zero attached hydrogens (tertiary/aromatic N) is 1. The maximum atomic E-state index is 12.6. The Labute approximate surface area is 194 Å². The van der Waals surface area contributed by atoms with Gasteiger partial charge in [0.05, 0.1) is 18.5 Å². The second-order valence-electron chi connectivity index (χ2n) is 7.68. The van der Waals surface area contributed by atoms with E-state index in [4.69, 9.17) is 9.47 Å². The highest BCUT2D eigenvalue weighted by molar-refractivity contribution is 7.12. The highest BCUT2D eigenvalue weighted by atomic mass is 32.1. The normalized spacial score (nSPS) is 10.7. The second-order valence-corrected chi connectivity index (χ2v) is 8.59. The summed E-state index contributed by atoms with van der Waals surface area (Å²) in [6.45, 7) is 3.30. The molecule has 0 fully saturated rings. The molecule has 0 unspecified atom stereocenters. The summed E-state index contributed by atoms with van der Waals surface area (Å²) in [6.07, 6.45) is 12.1. The maximum absolute atomic E-state index is 12.6. The van der Waals surface area contributed by atoms with Crippen molar-refractivity contribution in [2.24, 2.45) is 0 Å². The van der Waals surface area contributed by atoms with Crippen LogP contribution in [0.1, 0.15) is 67.1 Å². The first kappa shape index (κ1) is 23.8. The number of pyridine rings is 1. The minimum atomic E-state index is -0.202. The van der Waals surface area contributed by atoms with Crippen molar-refractivity contribution >= 4 is 22.9 Å². The molecule has 6 heteroatoms. The lowest BCUT2D eigenvalue weighted by Gasteiger charge is -2.13. The fraction of sp³-hybridized carbons (Fsp3) is 0.385. The number of benzene rings is 1. The van der Waals surface area contributed by atoms with Gasteiger partial charge < -0.3 is 14.8 Å². The topological polar surface area (TPSA) is 60.5 Å². The Balaban J connectivity index is 1.48. The number of para-hydroxylation sites is 1. The van der Waals surface area contributed by atoms with Gasteiger partial charge in [-0.3, -0.25) is 9.78 Å². The van der Waals surface area contributed by atoms with Gasteiger partial charge in [0.1, 0.15) is 23.0 Å². The molecule has 1 N–H and O–H groups in total. The molecule has 0 aliphatic rings. The van der Waals surface area contributed by atoms with Gasteiger partial charge in [-0.25, -0.2) is 0 Å². The standard InChI is InChI=1S/C26H32N2O3S/c1-2-3-4-5-6-7-10-17-30-23-14-9-8-12-21(23)20-31-24-15-18-32-25(24)26(29)28-22-13-11-16-27-19-22/h8-9,11-16,18-19H,2-7,10,17,20H2,1H3,(H,28,29). The summed E-state index contributed by atoms with van der Waals surface area (Å²) < 4.78 is 12.0. The molecule has 3 aromatic rings. The zero-order chi connectivity index (χ0) is 22.4. The largest absolute Gasteiger partial charge is 0.493 e. The number of thiophene rings is 1. The number of hydrogen-bond acceptors (Lipinski definition) is 5. The summed E-state index contributed by atoms with van der Waals surface area (Å²) in [6, 6.07) is 13.3. The average molecular weight is 453 g/mol. The summed E-state index contributed by atoms with van der Waals surface area (Å²) >= 11 is 1.35. The van der Waals surface area contributed by atoms with Crippen molar-refractivity contribution in [3.63, 3.8) is 0 Å².